The van der Waals surface area contributed by atoms with Gasteiger partial charge in [-0.1, -0.05) is 11.6 Å². The van der Waals surface area contributed by atoms with Gasteiger partial charge in [-0.2, -0.15) is 0 Å². The zero-order chi connectivity index (χ0) is 11.7. The molecule has 16 heavy (non-hydrogen) atoms. The van der Waals surface area contributed by atoms with Crippen LogP contribution < -0.4 is 10.6 Å². The summed E-state index contributed by atoms with van der Waals surface area (Å²) in [6.07, 6.45) is 1.89. The van der Waals surface area contributed by atoms with Crippen molar-refractivity contribution in [3.05, 3.63) is 27.4 Å². The predicted molar refractivity (Wildman–Crippen MR) is 68.5 cm³/mol. The molecule has 0 aromatic heterocycles. The van der Waals surface area contributed by atoms with Crippen molar-refractivity contribution in [2.24, 2.45) is 5.73 Å². The molecule has 0 spiro atoms. The van der Waals surface area contributed by atoms with Gasteiger partial charge in [0, 0.05) is 23.6 Å². The molecule has 1 aromatic carbocycles. The Balaban J connectivity index is 2.26. The van der Waals surface area contributed by atoms with Crippen LogP contribution in [0.5, 0.6) is 0 Å². The van der Waals surface area contributed by atoms with Crippen molar-refractivity contribution in [1.82, 2.24) is 0 Å². The number of nitrogens with two attached hydrogens (primary N) is 1. The average molecular weight is 308 g/mol. The van der Waals surface area contributed by atoms with Crippen LogP contribution in [0.2, 0.25) is 5.02 Å². The van der Waals surface area contributed by atoms with Gasteiger partial charge in [0.1, 0.15) is 5.82 Å². The van der Waals surface area contributed by atoms with Gasteiger partial charge in [-0.15, -0.1) is 0 Å². The SMILES string of the molecule is NC1CCN(c2c(Cl)cc(F)cc2Br)CC1. The molecule has 88 valence electrons. The van der Waals surface area contributed by atoms with Gasteiger partial charge in [0.25, 0.3) is 0 Å². The molecule has 1 heterocycles. The maximum atomic E-state index is 13.1. The molecule has 2 nitrogen and oxygen atoms in total. The summed E-state index contributed by atoms with van der Waals surface area (Å²) in [6, 6.07) is 3.06. The van der Waals surface area contributed by atoms with E-state index in [0.717, 1.165) is 31.6 Å². The molecule has 1 fully saturated rings. The molecule has 2 rings (SSSR count). The molecular formula is C11H13BrClFN2. The summed E-state index contributed by atoms with van der Waals surface area (Å²) in [4.78, 5) is 2.15. The van der Waals surface area contributed by atoms with Crippen molar-refractivity contribution < 1.29 is 4.39 Å². The van der Waals surface area contributed by atoms with Crippen LogP contribution in [0.1, 0.15) is 12.8 Å². The lowest BCUT2D eigenvalue weighted by Crippen LogP contribution is -2.40. The molecule has 0 amide bonds. The fraction of sp³-hybridized carbons (Fsp3) is 0.455. The first-order valence-electron chi connectivity index (χ1n) is 5.23. The Morgan fingerprint density at radius 2 is 2.00 bits per heavy atom. The summed E-state index contributed by atoms with van der Waals surface area (Å²) in [6.45, 7) is 1.73. The molecular weight excluding hydrogens is 294 g/mol. The topological polar surface area (TPSA) is 29.3 Å². The predicted octanol–water partition coefficient (Wildman–Crippen LogP) is 3.17. The van der Waals surface area contributed by atoms with Gasteiger partial charge >= 0.3 is 0 Å². The highest BCUT2D eigenvalue weighted by molar-refractivity contribution is 9.10. The number of hydrogen-bond donors (Lipinski definition) is 1. The Morgan fingerprint density at radius 1 is 1.38 bits per heavy atom. The molecule has 0 aliphatic carbocycles. The number of nitrogens with zero attached hydrogens (tertiary/aromatic N) is 1. The number of anilines is 1. The molecule has 0 bridgehead atoms. The van der Waals surface area contributed by atoms with Gasteiger partial charge in [-0.25, -0.2) is 4.39 Å². The molecule has 1 aromatic rings. The van der Waals surface area contributed by atoms with E-state index in [-0.39, 0.29) is 11.9 Å². The first-order valence-corrected chi connectivity index (χ1v) is 6.40. The monoisotopic (exact) mass is 306 g/mol. The van der Waals surface area contributed by atoms with E-state index >= 15 is 0 Å². The van der Waals surface area contributed by atoms with E-state index < -0.39 is 0 Å². The van der Waals surface area contributed by atoms with Crippen LogP contribution in [-0.2, 0) is 0 Å². The molecule has 0 unspecified atom stereocenters. The van der Waals surface area contributed by atoms with Gasteiger partial charge in [0.05, 0.1) is 10.7 Å². The highest BCUT2D eigenvalue weighted by Gasteiger charge is 2.20. The quantitative estimate of drug-likeness (QED) is 0.863. The first-order chi connectivity index (χ1) is 7.58. The minimum Gasteiger partial charge on any atom is -0.369 e. The third-order valence-corrected chi connectivity index (χ3v) is 3.73. The van der Waals surface area contributed by atoms with Crippen LogP contribution in [0.3, 0.4) is 0 Å². The van der Waals surface area contributed by atoms with Gasteiger partial charge in [-0.05, 0) is 40.9 Å². The Kier molecular flexibility index (Phi) is 3.72. The number of hydrogen-bond acceptors (Lipinski definition) is 2. The molecule has 0 radical (unpaired) electrons. The Bertz CT molecular complexity index is 369. The fourth-order valence-electron chi connectivity index (χ4n) is 1.96. The third kappa shape index (κ3) is 2.50. The van der Waals surface area contributed by atoms with Crippen LogP contribution >= 0.6 is 27.5 Å². The normalized spacial score (nSPS) is 17.9. The number of benzene rings is 1. The van der Waals surface area contributed by atoms with Crippen molar-refractivity contribution in [2.45, 2.75) is 18.9 Å². The highest BCUT2D eigenvalue weighted by Crippen LogP contribution is 2.36. The molecule has 5 heteroatoms. The molecule has 0 atom stereocenters. The Morgan fingerprint density at radius 3 is 2.56 bits per heavy atom. The second-order valence-electron chi connectivity index (χ2n) is 4.04. The van der Waals surface area contributed by atoms with Crippen LogP contribution in [0.15, 0.2) is 16.6 Å². The summed E-state index contributed by atoms with van der Waals surface area (Å²) in [5.41, 5.74) is 6.71. The summed E-state index contributed by atoms with van der Waals surface area (Å²) in [5, 5.41) is 0.447. The summed E-state index contributed by atoms with van der Waals surface area (Å²) < 4.78 is 13.8. The van der Waals surface area contributed by atoms with Crippen LogP contribution in [0.25, 0.3) is 0 Å². The average Bonchev–Trinajstić information content (AvgIpc) is 2.19. The summed E-state index contributed by atoms with van der Waals surface area (Å²) >= 11 is 9.41. The van der Waals surface area contributed by atoms with E-state index in [9.17, 15) is 4.39 Å². The molecule has 1 saturated heterocycles. The maximum Gasteiger partial charge on any atom is 0.125 e. The molecule has 0 saturated carbocycles. The standard InChI is InChI=1S/C11H13BrClFN2/c12-9-5-7(14)6-10(13)11(9)16-3-1-8(15)2-4-16/h5-6,8H,1-4,15H2. The van der Waals surface area contributed by atoms with Gasteiger partial charge < -0.3 is 10.6 Å². The Hall–Kier alpha value is -0.320. The summed E-state index contributed by atoms with van der Waals surface area (Å²) in [7, 11) is 0. The van der Waals surface area contributed by atoms with E-state index in [0.29, 0.717) is 9.50 Å². The first kappa shape index (κ1) is 12.1. The lowest BCUT2D eigenvalue weighted by molar-refractivity contribution is 0.500. The second-order valence-corrected chi connectivity index (χ2v) is 5.30. The third-order valence-electron chi connectivity index (χ3n) is 2.84. The van der Waals surface area contributed by atoms with E-state index in [1.165, 1.54) is 12.1 Å². The maximum absolute atomic E-state index is 13.1. The van der Waals surface area contributed by atoms with Crippen LogP contribution in [0, 0.1) is 5.82 Å². The zero-order valence-electron chi connectivity index (χ0n) is 8.72. The van der Waals surface area contributed by atoms with Crippen LogP contribution in [-0.4, -0.2) is 19.1 Å². The largest absolute Gasteiger partial charge is 0.369 e. The summed E-state index contributed by atoms with van der Waals surface area (Å²) in [5.74, 6) is -0.325. The van der Waals surface area contributed by atoms with Crippen molar-refractivity contribution in [3.63, 3.8) is 0 Å². The van der Waals surface area contributed by atoms with Crippen molar-refractivity contribution >= 4 is 33.2 Å². The Labute approximate surface area is 108 Å². The molecule has 2 N–H and O–H groups in total. The number of halogens is 3. The number of piperidine rings is 1. The van der Waals surface area contributed by atoms with E-state index in [2.05, 4.69) is 20.8 Å². The van der Waals surface area contributed by atoms with Crippen molar-refractivity contribution in [3.8, 4) is 0 Å². The van der Waals surface area contributed by atoms with Gasteiger partial charge in [0.2, 0.25) is 0 Å². The smallest absolute Gasteiger partial charge is 0.125 e. The van der Waals surface area contributed by atoms with E-state index in [1.54, 1.807) is 0 Å². The van der Waals surface area contributed by atoms with E-state index in [1.807, 2.05) is 0 Å². The van der Waals surface area contributed by atoms with Gasteiger partial charge in [0.15, 0.2) is 0 Å². The highest BCUT2D eigenvalue weighted by atomic mass is 79.9. The minimum absolute atomic E-state index is 0.272. The van der Waals surface area contributed by atoms with Gasteiger partial charge in [-0.3, -0.25) is 0 Å². The fourth-order valence-corrected chi connectivity index (χ4v) is 3.08. The molecule has 1 aliphatic heterocycles. The van der Waals surface area contributed by atoms with Crippen molar-refractivity contribution in [2.75, 3.05) is 18.0 Å². The zero-order valence-corrected chi connectivity index (χ0v) is 11.1. The van der Waals surface area contributed by atoms with Crippen molar-refractivity contribution in [1.29, 1.82) is 0 Å². The minimum atomic E-state index is -0.325. The number of rotatable bonds is 1. The molecule has 1 aliphatic rings. The second kappa shape index (κ2) is 4.90. The van der Waals surface area contributed by atoms with Crippen LogP contribution in [0.4, 0.5) is 10.1 Å². The van der Waals surface area contributed by atoms with E-state index in [4.69, 9.17) is 17.3 Å². The lowest BCUT2D eigenvalue weighted by Gasteiger charge is -2.33. The lowest BCUT2D eigenvalue weighted by atomic mass is 10.1.